The van der Waals surface area contributed by atoms with Crippen LogP contribution >= 0.6 is 0 Å². The number of fused-ring (bicyclic) bond motifs is 6. The molecule has 0 unspecified atom stereocenters. The van der Waals surface area contributed by atoms with E-state index in [0.717, 1.165) is 17.8 Å². The van der Waals surface area contributed by atoms with Crippen LogP contribution in [0, 0.1) is 61.2 Å². The minimum absolute atomic E-state index is 0.132. The Bertz CT molecular complexity index is 3240. The van der Waals surface area contributed by atoms with Crippen LogP contribution in [0.5, 0.6) is 0 Å². The molecular formula is C70H73FO. The molecule has 0 bridgehead atoms. The van der Waals surface area contributed by atoms with E-state index in [9.17, 15) is 4.39 Å². The fraction of sp³-hybridized carbons (Fsp3) is 0.200. The molecule has 0 amide bonds. The van der Waals surface area contributed by atoms with Crippen LogP contribution in [-0.2, 0) is 11.8 Å². The van der Waals surface area contributed by atoms with Gasteiger partial charge in [-0.3, -0.25) is 0 Å². The van der Waals surface area contributed by atoms with Crippen molar-refractivity contribution in [1.29, 1.82) is 0 Å². The quantitative estimate of drug-likeness (QED) is 0.171. The van der Waals surface area contributed by atoms with Gasteiger partial charge in [0, 0.05) is 10.9 Å². The first-order chi connectivity index (χ1) is 34.9. The van der Waals surface area contributed by atoms with Gasteiger partial charge in [0.1, 0.15) is 17.2 Å². The Labute approximate surface area is 430 Å². The Balaban J connectivity index is 0.000000170. The molecule has 11 rings (SSSR count). The van der Waals surface area contributed by atoms with E-state index in [-0.39, 0.29) is 11.2 Å². The summed E-state index contributed by atoms with van der Waals surface area (Å²) in [6.45, 7) is 24.8. The van der Waals surface area contributed by atoms with Crippen LogP contribution in [-0.4, -0.2) is 0 Å². The first kappa shape index (κ1) is 53.8. The van der Waals surface area contributed by atoms with Gasteiger partial charge in [0.05, 0.1) is 5.41 Å². The Morgan fingerprint density at radius 3 is 1.50 bits per heavy atom. The molecule has 0 aliphatic heterocycles. The van der Waals surface area contributed by atoms with Crippen LogP contribution in [0.4, 0.5) is 4.39 Å². The van der Waals surface area contributed by atoms with Crippen LogP contribution < -0.4 is 0 Å². The molecule has 1 nitrogen and oxygen atoms in total. The van der Waals surface area contributed by atoms with Gasteiger partial charge in [0.2, 0.25) is 0 Å². The van der Waals surface area contributed by atoms with Gasteiger partial charge in [0.15, 0.2) is 0 Å². The molecule has 10 aromatic rings. The fourth-order valence-corrected chi connectivity index (χ4v) is 9.48. The maximum atomic E-state index is 12.3. The maximum Gasteiger partial charge on any atom is 0.135 e. The van der Waals surface area contributed by atoms with Crippen LogP contribution in [0.1, 0.15) is 106 Å². The van der Waals surface area contributed by atoms with Crippen LogP contribution in [0.25, 0.3) is 38.9 Å². The van der Waals surface area contributed by atoms with Crippen LogP contribution in [0.15, 0.2) is 211 Å². The first-order valence-electron chi connectivity index (χ1n) is 25.5. The van der Waals surface area contributed by atoms with Gasteiger partial charge >= 0.3 is 0 Å². The van der Waals surface area contributed by atoms with Gasteiger partial charge in [0.25, 0.3) is 0 Å². The molecule has 2 heteroatoms. The highest BCUT2D eigenvalue weighted by Gasteiger charge is 2.46. The van der Waals surface area contributed by atoms with Crippen molar-refractivity contribution >= 4 is 27.8 Å². The number of aryl methyl sites for hydroxylation is 9. The molecule has 0 fully saturated rings. The van der Waals surface area contributed by atoms with Crippen molar-refractivity contribution < 1.29 is 8.81 Å². The molecule has 0 N–H and O–H groups in total. The first-order valence-corrected chi connectivity index (χ1v) is 25.5. The van der Waals surface area contributed by atoms with E-state index in [1.165, 1.54) is 100 Å². The molecule has 1 aromatic heterocycles. The highest BCUT2D eigenvalue weighted by Crippen LogP contribution is 2.58. The zero-order chi connectivity index (χ0) is 51.8. The van der Waals surface area contributed by atoms with Crippen LogP contribution in [0.3, 0.4) is 0 Å². The second-order valence-electron chi connectivity index (χ2n) is 18.5. The van der Waals surface area contributed by atoms with Gasteiger partial charge in [-0.05, 0) is 147 Å². The summed E-state index contributed by atoms with van der Waals surface area (Å²) in [4.78, 5) is 0. The number of hydrogen-bond donors (Lipinski definition) is 0. The van der Waals surface area contributed by atoms with Crippen molar-refractivity contribution in [3.8, 4) is 11.1 Å². The summed E-state index contributed by atoms with van der Waals surface area (Å²) >= 11 is 0. The van der Waals surface area contributed by atoms with Crippen molar-refractivity contribution in [2.75, 3.05) is 0 Å². The van der Waals surface area contributed by atoms with E-state index in [0.29, 0.717) is 5.56 Å². The summed E-state index contributed by atoms with van der Waals surface area (Å²) in [5.41, 5.74) is 20.0. The van der Waals surface area contributed by atoms with Gasteiger partial charge in [-0.25, -0.2) is 4.39 Å². The molecule has 0 radical (unpaired) electrons. The molecular weight excluding hydrogens is 876 g/mol. The number of allylic oxidation sites excluding steroid dienone is 1. The minimum atomic E-state index is -0.325. The van der Waals surface area contributed by atoms with E-state index < -0.39 is 0 Å². The molecule has 1 aliphatic carbocycles. The Morgan fingerprint density at radius 2 is 0.972 bits per heavy atom. The van der Waals surface area contributed by atoms with Gasteiger partial charge in [-0.1, -0.05) is 243 Å². The molecule has 0 spiro atoms. The zero-order valence-electron chi connectivity index (χ0n) is 44.7. The Kier molecular flexibility index (Phi) is 19.1. The molecule has 1 heterocycles. The summed E-state index contributed by atoms with van der Waals surface area (Å²) < 4.78 is 18.0. The minimum Gasteiger partial charge on any atom is -0.461 e. The highest BCUT2D eigenvalue weighted by atomic mass is 19.1. The number of hydrogen-bond acceptors (Lipinski definition) is 1. The third kappa shape index (κ3) is 12.3. The summed E-state index contributed by atoms with van der Waals surface area (Å²) in [5.74, 6) is 0.861. The van der Waals surface area contributed by atoms with Crippen molar-refractivity contribution in [3.63, 3.8) is 0 Å². The molecule has 0 saturated heterocycles. The standard InChI is InChI=1S/C31H24.C13H14O.C9H12.C8H10.C7H7F.C2H6/c1-21-17-18-27-28(19-21)31(23-11-5-3-6-12-23,24-13-7-4-8-14-24)29-20-22(2)25-15-9-10-16-26(25)30(27)29;1-4-6-11-10(3)14-12-8-5-7-9(2)13(11)12;1-3-9-6-4-8(2)5-7-9;1-7-3-5-8(2)6-4-7;1-6-4-2-3-5-7(6)8;1-2/h3-20H,1-2H3;4-8H,1-3H3;4-7H,3H2,1-2H3;3-6H,1-2H3;2-5H,1H3;1-2H3/b;6-4-;;;;. The number of rotatable bonds is 4. The van der Waals surface area contributed by atoms with Crippen molar-refractivity contribution in [1.82, 2.24) is 0 Å². The van der Waals surface area contributed by atoms with Crippen molar-refractivity contribution in [2.45, 2.75) is 94.9 Å². The summed E-state index contributed by atoms with van der Waals surface area (Å²) in [6.07, 6.45) is 5.29. The number of halogens is 1. The van der Waals surface area contributed by atoms with E-state index in [2.05, 4.69) is 218 Å². The average molecular weight is 949 g/mol. The van der Waals surface area contributed by atoms with E-state index in [1.54, 1.807) is 19.1 Å². The van der Waals surface area contributed by atoms with Crippen molar-refractivity contribution in [2.24, 2.45) is 0 Å². The summed E-state index contributed by atoms with van der Waals surface area (Å²) in [6, 6.07) is 70.3. The topological polar surface area (TPSA) is 13.1 Å². The normalized spacial score (nSPS) is 11.5. The van der Waals surface area contributed by atoms with Crippen LogP contribution in [0.2, 0.25) is 0 Å². The fourth-order valence-electron chi connectivity index (χ4n) is 9.48. The average Bonchev–Trinajstić information content (AvgIpc) is 3.89. The maximum absolute atomic E-state index is 12.3. The third-order valence-electron chi connectivity index (χ3n) is 13.2. The molecule has 0 saturated carbocycles. The SMILES string of the molecule is C/C=C\c1c(C)oc2cccc(C)c12.CC.CCc1ccc(C)cc1.Cc1ccc(C)cc1.Cc1ccc2c(c1)C(c1ccccc1)(c1ccccc1)c1cc(C)c3ccccc3c1-2.Cc1ccccc1F. The predicted molar refractivity (Wildman–Crippen MR) is 310 cm³/mol. The predicted octanol–water partition coefficient (Wildman–Crippen LogP) is 19.9. The molecule has 1 aliphatic rings. The summed E-state index contributed by atoms with van der Waals surface area (Å²) in [7, 11) is 0. The smallest absolute Gasteiger partial charge is 0.135 e. The Hall–Kier alpha value is -7.55. The van der Waals surface area contributed by atoms with E-state index in [1.807, 2.05) is 52.0 Å². The lowest BCUT2D eigenvalue weighted by Gasteiger charge is -2.34. The van der Waals surface area contributed by atoms with E-state index >= 15 is 0 Å². The van der Waals surface area contributed by atoms with Gasteiger partial charge in [-0.15, -0.1) is 0 Å². The Morgan fingerprint density at radius 1 is 0.472 bits per heavy atom. The highest BCUT2D eigenvalue weighted by molar-refractivity contribution is 6.05. The lowest BCUT2D eigenvalue weighted by Crippen LogP contribution is -2.28. The van der Waals surface area contributed by atoms with E-state index in [4.69, 9.17) is 4.42 Å². The molecule has 0 atom stereocenters. The lowest BCUT2D eigenvalue weighted by atomic mass is 9.67. The number of furan rings is 1. The summed E-state index contributed by atoms with van der Waals surface area (Å²) in [5, 5.41) is 3.92. The van der Waals surface area contributed by atoms with Gasteiger partial charge in [-0.2, -0.15) is 0 Å². The number of benzene rings is 9. The molecule has 366 valence electrons. The lowest BCUT2D eigenvalue weighted by molar-refractivity contribution is 0.577. The monoisotopic (exact) mass is 949 g/mol. The second kappa shape index (κ2) is 25.5. The molecule has 9 aromatic carbocycles. The third-order valence-corrected chi connectivity index (χ3v) is 13.2. The van der Waals surface area contributed by atoms with Crippen molar-refractivity contribution in [3.05, 3.63) is 290 Å². The molecule has 72 heavy (non-hydrogen) atoms. The second-order valence-corrected chi connectivity index (χ2v) is 18.5. The zero-order valence-corrected chi connectivity index (χ0v) is 44.7. The van der Waals surface area contributed by atoms with Gasteiger partial charge < -0.3 is 4.42 Å². The largest absolute Gasteiger partial charge is 0.461 e.